The van der Waals surface area contributed by atoms with Gasteiger partial charge in [-0.15, -0.1) is 26.3 Å². The lowest BCUT2D eigenvalue weighted by Gasteiger charge is -2.24. The summed E-state index contributed by atoms with van der Waals surface area (Å²) in [4.78, 5) is 2.52. The third-order valence-electron chi connectivity index (χ3n) is 1.90. The Labute approximate surface area is 116 Å². The Morgan fingerprint density at radius 1 is 0.833 bits per heavy atom. The summed E-state index contributed by atoms with van der Waals surface area (Å²) < 4.78 is 0. The second kappa shape index (κ2) is 36.0. The van der Waals surface area contributed by atoms with Crippen molar-refractivity contribution in [3.63, 3.8) is 0 Å². The van der Waals surface area contributed by atoms with Crippen molar-refractivity contribution in [3.8, 4) is 0 Å². The molecule has 2 nitrogen and oxygen atoms in total. The molecule has 0 saturated carbocycles. The van der Waals surface area contributed by atoms with E-state index in [-0.39, 0.29) is 6.61 Å². The van der Waals surface area contributed by atoms with E-state index >= 15 is 0 Å². The Kier molecular flexibility index (Phi) is 52.1. The van der Waals surface area contributed by atoms with Crippen LogP contribution in [-0.4, -0.2) is 36.2 Å². The number of hydrogen-bond acceptors (Lipinski definition) is 2. The Balaban J connectivity index is -0.0000000834. The average Bonchev–Trinajstić information content (AvgIpc) is 2.46. The van der Waals surface area contributed by atoms with E-state index in [1.165, 1.54) is 45.3 Å². The first kappa shape index (κ1) is 26.1. The van der Waals surface area contributed by atoms with E-state index in [0.717, 1.165) is 0 Å². The lowest BCUT2D eigenvalue weighted by Crippen LogP contribution is -2.29. The summed E-state index contributed by atoms with van der Waals surface area (Å²) >= 11 is 0. The number of hydrogen-bond donors (Lipinski definition) is 1. The molecule has 112 valence electrons. The predicted molar refractivity (Wildman–Crippen MR) is 87.2 cm³/mol. The second-order valence-electron chi connectivity index (χ2n) is 3.52. The number of likely N-dealkylation sites (tertiary alicyclic amines) is 1. The van der Waals surface area contributed by atoms with Gasteiger partial charge in [-0.3, -0.25) is 0 Å². The zero-order chi connectivity index (χ0) is 15.2. The molecule has 0 unspecified atom stereocenters. The number of rotatable bonds is 1. The molecule has 1 fully saturated rings. The number of nitrogens with zero attached hydrogens (tertiary/aromatic N) is 1. The maximum Gasteiger partial charge on any atom is 0.0402 e. The van der Waals surface area contributed by atoms with Crippen molar-refractivity contribution in [3.05, 3.63) is 26.3 Å². The van der Waals surface area contributed by atoms with Crippen LogP contribution < -0.4 is 0 Å². The summed E-state index contributed by atoms with van der Waals surface area (Å²) in [6.07, 6.45) is 5.55. The Bertz CT molecular complexity index is 97.3. The van der Waals surface area contributed by atoms with Crippen LogP contribution in [0.1, 0.15) is 53.4 Å². The van der Waals surface area contributed by atoms with Crippen molar-refractivity contribution in [2.45, 2.75) is 53.4 Å². The van der Waals surface area contributed by atoms with Crippen molar-refractivity contribution < 1.29 is 5.11 Å². The molecule has 0 aliphatic carbocycles. The van der Waals surface area contributed by atoms with Gasteiger partial charge in [0.1, 0.15) is 0 Å². The zero-order valence-electron chi connectivity index (χ0n) is 13.4. The number of aliphatic hydroxyl groups is 1. The van der Waals surface area contributed by atoms with Gasteiger partial charge in [-0.1, -0.05) is 33.6 Å². The highest BCUT2D eigenvalue weighted by Gasteiger charge is 2.05. The standard InChI is InChI=1S/C7H15N.C3H8.C2H6O.2C2H4/c1-2-8-6-4-3-5-7-8;1-3-2;1-2-3;2*1-2/h2-7H2,1H3;3H2,1-2H3;3H,2H2,1H3;2*1-2H2. The summed E-state index contributed by atoms with van der Waals surface area (Å²) in [5, 5.41) is 7.57. The fraction of sp³-hybridized carbons (Fsp3) is 0.750. The van der Waals surface area contributed by atoms with E-state index in [0.29, 0.717) is 0 Å². The molecule has 1 aliphatic heterocycles. The predicted octanol–water partition coefficient (Wildman–Crippen LogP) is 4.51. The van der Waals surface area contributed by atoms with Crippen LogP contribution in [0.2, 0.25) is 0 Å². The molecule has 0 aromatic carbocycles. The zero-order valence-corrected chi connectivity index (χ0v) is 13.4. The van der Waals surface area contributed by atoms with Crippen molar-refractivity contribution in [2.75, 3.05) is 26.2 Å². The van der Waals surface area contributed by atoms with E-state index in [1.54, 1.807) is 6.92 Å². The normalized spacial score (nSPS) is 12.9. The minimum Gasteiger partial charge on any atom is -0.397 e. The fourth-order valence-electron chi connectivity index (χ4n) is 1.28. The summed E-state index contributed by atoms with van der Waals surface area (Å²) in [5.41, 5.74) is 0. The number of aliphatic hydroxyl groups excluding tert-OH is 1. The van der Waals surface area contributed by atoms with Crippen molar-refractivity contribution in [2.24, 2.45) is 0 Å². The lowest BCUT2D eigenvalue weighted by atomic mass is 10.1. The van der Waals surface area contributed by atoms with Crippen molar-refractivity contribution in [1.29, 1.82) is 0 Å². The minimum atomic E-state index is 0.250. The Morgan fingerprint density at radius 2 is 1.11 bits per heavy atom. The molecule has 1 aliphatic rings. The molecular weight excluding hydrogens is 222 g/mol. The average molecular weight is 259 g/mol. The smallest absolute Gasteiger partial charge is 0.0402 e. The molecule has 0 spiro atoms. The highest BCUT2D eigenvalue weighted by Crippen LogP contribution is 2.06. The third kappa shape index (κ3) is 36.1. The first-order valence-electron chi connectivity index (χ1n) is 7.09. The quantitative estimate of drug-likeness (QED) is 0.700. The van der Waals surface area contributed by atoms with Gasteiger partial charge in [0.15, 0.2) is 0 Å². The van der Waals surface area contributed by atoms with Crippen LogP contribution in [0, 0.1) is 0 Å². The highest BCUT2D eigenvalue weighted by atomic mass is 16.2. The van der Waals surface area contributed by atoms with Crippen LogP contribution in [0.4, 0.5) is 0 Å². The second-order valence-corrected chi connectivity index (χ2v) is 3.52. The molecule has 0 amide bonds. The van der Waals surface area contributed by atoms with Crippen LogP contribution in [0.5, 0.6) is 0 Å². The Hall–Kier alpha value is -0.600. The van der Waals surface area contributed by atoms with Crippen molar-refractivity contribution in [1.82, 2.24) is 4.90 Å². The molecule has 0 aromatic heterocycles. The molecule has 1 N–H and O–H groups in total. The van der Waals surface area contributed by atoms with E-state index in [4.69, 9.17) is 5.11 Å². The van der Waals surface area contributed by atoms with Crippen molar-refractivity contribution >= 4 is 0 Å². The molecule has 0 bridgehead atoms. The van der Waals surface area contributed by atoms with Gasteiger partial charge in [0.2, 0.25) is 0 Å². The monoisotopic (exact) mass is 259 g/mol. The molecular formula is C16H37NO. The van der Waals surface area contributed by atoms with Gasteiger partial charge in [0.25, 0.3) is 0 Å². The largest absolute Gasteiger partial charge is 0.397 e. The first-order chi connectivity index (χ1) is 8.76. The molecule has 0 atom stereocenters. The van der Waals surface area contributed by atoms with Gasteiger partial charge in [-0.25, -0.2) is 0 Å². The van der Waals surface area contributed by atoms with Crippen LogP contribution in [0.25, 0.3) is 0 Å². The van der Waals surface area contributed by atoms with Gasteiger partial charge in [0.05, 0.1) is 0 Å². The van der Waals surface area contributed by atoms with E-state index in [9.17, 15) is 0 Å². The van der Waals surface area contributed by atoms with Gasteiger partial charge < -0.3 is 10.0 Å². The molecule has 1 rings (SSSR count). The van der Waals surface area contributed by atoms with Crippen LogP contribution >= 0.6 is 0 Å². The van der Waals surface area contributed by atoms with Crippen LogP contribution in [0.3, 0.4) is 0 Å². The highest BCUT2D eigenvalue weighted by molar-refractivity contribution is 4.61. The fourth-order valence-corrected chi connectivity index (χ4v) is 1.28. The van der Waals surface area contributed by atoms with E-state index in [1.807, 2.05) is 0 Å². The SMILES string of the molecule is C=C.C=C.CCC.CCN1CCCCC1.CCO. The molecule has 1 heterocycles. The molecule has 18 heavy (non-hydrogen) atoms. The van der Waals surface area contributed by atoms with E-state index in [2.05, 4.69) is 52.0 Å². The molecule has 0 aromatic rings. The van der Waals surface area contributed by atoms with Crippen LogP contribution in [-0.2, 0) is 0 Å². The summed E-state index contributed by atoms with van der Waals surface area (Å²) in [7, 11) is 0. The van der Waals surface area contributed by atoms with Crippen LogP contribution in [0.15, 0.2) is 26.3 Å². The van der Waals surface area contributed by atoms with Gasteiger partial charge >= 0.3 is 0 Å². The van der Waals surface area contributed by atoms with Gasteiger partial charge in [-0.2, -0.15) is 0 Å². The molecule has 2 heteroatoms. The lowest BCUT2D eigenvalue weighted by molar-refractivity contribution is 0.240. The van der Waals surface area contributed by atoms with E-state index < -0.39 is 0 Å². The maximum atomic E-state index is 7.57. The Morgan fingerprint density at radius 3 is 1.28 bits per heavy atom. The van der Waals surface area contributed by atoms with Gasteiger partial charge in [0, 0.05) is 6.61 Å². The molecule has 1 saturated heterocycles. The summed E-state index contributed by atoms with van der Waals surface area (Å²) in [6, 6.07) is 0. The summed E-state index contributed by atoms with van der Waals surface area (Å²) in [6.45, 7) is 24.4. The first-order valence-corrected chi connectivity index (χ1v) is 7.09. The maximum absolute atomic E-state index is 7.57. The molecule has 0 radical (unpaired) electrons. The summed E-state index contributed by atoms with van der Waals surface area (Å²) in [5.74, 6) is 0. The van der Waals surface area contributed by atoms with Gasteiger partial charge in [-0.05, 0) is 39.4 Å². The third-order valence-corrected chi connectivity index (χ3v) is 1.90. The number of piperidine rings is 1. The topological polar surface area (TPSA) is 23.5 Å². The minimum absolute atomic E-state index is 0.250.